The van der Waals surface area contributed by atoms with E-state index in [0.29, 0.717) is 11.1 Å². The van der Waals surface area contributed by atoms with Crippen molar-refractivity contribution in [3.63, 3.8) is 0 Å². The number of benzene rings is 4. The molecule has 2 aliphatic heterocycles. The van der Waals surface area contributed by atoms with E-state index in [1.54, 1.807) is 109 Å². The first-order chi connectivity index (χ1) is 18.7. The Bertz CT molecular complexity index is 1540. The third-order valence-corrected chi connectivity index (χ3v) is 10.0. The lowest BCUT2D eigenvalue weighted by atomic mass is 10.0. The fourth-order valence-electron chi connectivity index (χ4n) is 5.15. The maximum Gasteiger partial charge on any atom is 0.267 e. The number of hydrogen-bond donors (Lipinski definition) is 0. The molecule has 0 aromatic heterocycles. The molecule has 7 heteroatoms. The van der Waals surface area contributed by atoms with Gasteiger partial charge in [0.2, 0.25) is 21.4 Å². The largest absolute Gasteiger partial charge is 0.337 e. The number of Topliss-reactive ketones (excluding diaryl/α,β-unsaturated/α-hetero) is 2. The number of rotatable bonds is 8. The minimum atomic E-state index is -4.77. The Morgan fingerprint density at radius 2 is 0.897 bits per heavy atom. The number of aryl methyl sites for hydroxylation is 2. The van der Waals surface area contributed by atoms with Crippen molar-refractivity contribution in [1.82, 2.24) is 0 Å². The third-order valence-electron chi connectivity index (χ3n) is 7.43. The van der Waals surface area contributed by atoms with E-state index in [2.05, 4.69) is 0 Å². The van der Waals surface area contributed by atoms with Crippen molar-refractivity contribution in [2.45, 2.75) is 35.9 Å². The van der Waals surface area contributed by atoms with E-state index in [0.717, 1.165) is 11.1 Å². The highest BCUT2D eigenvalue weighted by Gasteiger charge is 2.85. The molecule has 0 amide bonds. The third kappa shape index (κ3) is 3.80. The van der Waals surface area contributed by atoms with Crippen LogP contribution in [-0.4, -0.2) is 29.9 Å². The molecule has 6 nitrogen and oxygen atoms in total. The number of epoxide rings is 2. The second-order valence-corrected chi connectivity index (χ2v) is 12.3. The molecule has 0 aliphatic carbocycles. The van der Waals surface area contributed by atoms with Gasteiger partial charge in [-0.1, -0.05) is 120 Å². The fraction of sp³-hybridized carbons (Fsp3) is 0.188. The molecule has 4 aromatic rings. The van der Waals surface area contributed by atoms with Gasteiger partial charge in [0.25, 0.3) is 9.87 Å². The Labute approximate surface area is 227 Å². The van der Waals surface area contributed by atoms with Crippen molar-refractivity contribution >= 4 is 21.4 Å². The summed E-state index contributed by atoms with van der Waals surface area (Å²) in [6.45, 7) is 3.75. The van der Waals surface area contributed by atoms with Crippen molar-refractivity contribution in [2.24, 2.45) is 0 Å². The lowest BCUT2D eigenvalue weighted by Gasteiger charge is -2.20. The maximum atomic E-state index is 14.8. The smallest absolute Gasteiger partial charge is 0.267 e. The Hall–Kier alpha value is -3.91. The number of sulfone groups is 1. The van der Waals surface area contributed by atoms with Crippen LogP contribution in [0.25, 0.3) is 0 Å². The minimum absolute atomic E-state index is 0.178. The van der Waals surface area contributed by atoms with Crippen molar-refractivity contribution in [1.29, 1.82) is 0 Å². The lowest BCUT2D eigenvalue weighted by Crippen LogP contribution is -2.48. The normalized spacial score (nSPS) is 25.6. The second kappa shape index (κ2) is 9.09. The van der Waals surface area contributed by atoms with Crippen LogP contribution in [0.1, 0.15) is 55.2 Å². The predicted octanol–water partition coefficient (Wildman–Crippen LogP) is 5.72. The summed E-state index contributed by atoms with van der Waals surface area (Å²) in [5, 5.41) is 0. The molecule has 196 valence electrons. The predicted molar refractivity (Wildman–Crippen MR) is 146 cm³/mol. The van der Waals surface area contributed by atoms with E-state index in [9.17, 15) is 18.0 Å². The molecule has 0 spiro atoms. The number of carbonyl (C=O) groups excluding carboxylic acids is 2. The van der Waals surface area contributed by atoms with Gasteiger partial charge in [0.15, 0.2) is 0 Å². The first-order valence-electron chi connectivity index (χ1n) is 12.6. The number of ketones is 2. The van der Waals surface area contributed by atoms with Gasteiger partial charge in [-0.2, -0.15) is 0 Å². The van der Waals surface area contributed by atoms with Crippen LogP contribution < -0.4 is 0 Å². The molecule has 6 rings (SSSR count). The van der Waals surface area contributed by atoms with Gasteiger partial charge in [-0.25, -0.2) is 8.42 Å². The summed E-state index contributed by atoms with van der Waals surface area (Å²) < 4.78 is 41.6. The molecule has 0 bridgehead atoms. The van der Waals surface area contributed by atoms with Gasteiger partial charge in [-0.3, -0.25) is 9.59 Å². The van der Waals surface area contributed by atoms with E-state index in [1.165, 1.54) is 0 Å². The van der Waals surface area contributed by atoms with Gasteiger partial charge in [0, 0.05) is 11.1 Å². The van der Waals surface area contributed by atoms with Crippen LogP contribution >= 0.6 is 0 Å². The fourth-order valence-corrected chi connectivity index (χ4v) is 7.60. The monoisotopic (exact) mass is 538 g/mol. The van der Waals surface area contributed by atoms with Crippen LogP contribution in [0, 0.1) is 13.8 Å². The summed E-state index contributed by atoms with van der Waals surface area (Å²) in [6, 6.07) is 30.7. The molecule has 0 radical (unpaired) electrons. The number of ether oxygens (including phenoxy) is 2. The zero-order valence-electron chi connectivity index (χ0n) is 21.4. The zero-order valence-corrected chi connectivity index (χ0v) is 22.2. The molecule has 39 heavy (non-hydrogen) atoms. The molecule has 2 aliphatic rings. The van der Waals surface area contributed by atoms with Gasteiger partial charge >= 0.3 is 0 Å². The standard InChI is InChI=1S/C32H26O6S/c1-21-13-17-23(18-14-21)27(33)31(29(37-31)25-9-5-3-6-10-25)39(35,36)32(28(34)24-19-15-22(2)16-20-24)30(38-32)26-11-7-4-8-12-26/h3-20,29-30H,1-2H3. The van der Waals surface area contributed by atoms with Crippen molar-refractivity contribution in [2.75, 3.05) is 0 Å². The summed E-state index contributed by atoms with van der Waals surface area (Å²) in [5.41, 5.74) is 3.24. The first kappa shape index (κ1) is 25.4. The van der Waals surface area contributed by atoms with Crippen molar-refractivity contribution in [3.8, 4) is 0 Å². The summed E-state index contributed by atoms with van der Waals surface area (Å²) >= 11 is 0. The van der Waals surface area contributed by atoms with Crippen LogP contribution in [0.4, 0.5) is 0 Å². The molecule has 4 aromatic carbocycles. The molecule has 4 unspecified atom stereocenters. The molecule has 0 N–H and O–H groups in total. The number of hydrogen-bond acceptors (Lipinski definition) is 6. The van der Waals surface area contributed by atoms with Gasteiger partial charge in [-0.15, -0.1) is 0 Å². The van der Waals surface area contributed by atoms with E-state index < -0.39 is 43.5 Å². The average Bonchev–Trinajstić information content (AvgIpc) is 3.88. The summed E-state index contributed by atoms with van der Waals surface area (Å²) in [7, 11) is -4.77. The van der Waals surface area contributed by atoms with Crippen molar-refractivity contribution < 1.29 is 27.5 Å². The summed E-state index contributed by atoms with van der Waals surface area (Å²) in [5.74, 6) is -1.45. The minimum Gasteiger partial charge on any atom is -0.337 e. The second-order valence-electron chi connectivity index (χ2n) is 10.0. The molecular weight excluding hydrogens is 512 g/mol. The van der Waals surface area contributed by atoms with Crippen molar-refractivity contribution in [3.05, 3.63) is 143 Å². The Kier molecular flexibility index (Phi) is 5.91. The van der Waals surface area contributed by atoms with Crippen LogP contribution in [0.2, 0.25) is 0 Å². The van der Waals surface area contributed by atoms with Crippen LogP contribution in [0.3, 0.4) is 0 Å². The van der Waals surface area contributed by atoms with Crippen LogP contribution in [0.15, 0.2) is 109 Å². The SMILES string of the molecule is Cc1ccc(C(=O)C2(S(=O)(=O)C3(C(=O)c4ccc(C)cc4)OC3c3ccccc3)OC2c2ccccc2)cc1. The Balaban J connectivity index is 1.53. The highest BCUT2D eigenvalue weighted by atomic mass is 32.2. The highest BCUT2D eigenvalue weighted by Crippen LogP contribution is 2.66. The Morgan fingerprint density at radius 3 is 1.23 bits per heavy atom. The lowest BCUT2D eigenvalue weighted by molar-refractivity contribution is 0.0910. The van der Waals surface area contributed by atoms with E-state index in [1.807, 2.05) is 13.8 Å². The molecule has 0 saturated carbocycles. The average molecular weight is 539 g/mol. The first-order valence-corrected chi connectivity index (χ1v) is 14.1. The molecular formula is C32H26O6S. The van der Waals surface area contributed by atoms with E-state index in [4.69, 9.17) is 9.47 Å². The topological polar surface area (TPSA) is 93.3 Å². The quantitative estimate of drug-likeness (QED) is 0.210. The van der Waals surface area contributed by atoms with Crippen LogP contribution in [-0.2, 0) is 19.3 Å². The van der Waals surface area contributed by atoms with Gasteiger partial charge in [0.1, 0.15) is 12.2 Å². The van der Waals surface area contributed by atoms with E-state index >= 15 is 0 Å². The zero-order chi connectivity index (χ0) is 27.4. The number of carbonyl (C=O) groups is 2. The molecule has 4 atom stereocenters. The van der Waals surface area contributed by atoms with Gasteiger partial charge in [0.05, 0.1) is 0 Å². The maximum absolute atomic E-state index is 14.8. The van der Waals surface area contributed by atoms with Crippen LogP contribution in [0.5, 0.6) is 0 Å². The van der Waals surface area contributed by atoms with Gasteiger partial charge in [-0.05, 0) is 25.0 Å². The summed E-state index contributed by atoms with van der Waals surface area (Å²) in [6.07, 6.45) is -2.19. The van der Waals surface area contributed by atoms with Gasteiger partial charge < -0.3 is 9.47 Å². The highest BCUT2D eigenvalue weighted by molar-refractivity contribution is 7.96. The van der Waals surface area contributed by atoms with E-state index in [-0.39, 0.29) is 11.1 Å². The summed E-state index contributed by atoms with van der Waals surface area (Å²) in [4.78, 5) is 23.6. The molecule has 2 saturated heterocycles. The Morgan fingerprint density at radius 1 is 0.564 bits per heavy atom. The molecule has 2 heterocycles. The molecule has 2 fully saturated rings.